The minimum Gasteiger partial charge on any atom is -0.508 e. The molecule has 2 atom stereocenters. The predicted molar refractivity (Wildman–Crippen MR) is 125 cm³/mol. The number of hydrogen-bond acceptors (Lipinski definition) is 2. The van der Waals surface area contributed by atoms with Crippen LogP contribution in [0.3, 0.4) is 0 Å². The first-order valence-electron chi connectivity index (χ1n) is 12.3. The van der Waals surface area contributed by atoms with Gasteiger partial charge >= 0.3 is 0 Å². The van der Waals surface area contributed by atoms with Crippen molar-refractivity contribution in [3.05, 3.63) is 53.1 Å². The molecule has 0 heterocycles. The molecule has 4 rings (SSSR count). The first kappa shape index (κ1) is 21.7. The van der Waals surface area contributed by atoms with Crippen LogP contribution >= 0.6 is 0 Å². The first-order valence-corrected chi connectivity index (χ1v) is 12.3. The number of rotatable bonds is 4. The summed E-state index contributed by atoms with van der Waals surface area (Å²) in [5.41, 5.74) is 2.78. The Morgan fingerprint density at radius 3 is 2.23 bits per heavy atom. The van der Waals surface area contributed by atoms with Gasteiger partial charge in [-0.05, 0) is 67.2 Å². The number of allylic oxidation sites excluding steroid dienone is 2. The van der Waals surface area contributed by atoms with E-state index in [1.807, 2.05) is 19.1 Å². The molecule has 0 amide bonds. The normalized spacial score (nSPS) is 29.1. The smallest absolute Gasteiger partial charge is 0.119 e. The molecule has 1 aromatic carbocycles. The molecule has 2 fully saturated rings. The molecule has 0 aromatic heterocycles. The Kier molecular flexibility index (Phi) is 6.17. The molecule has 2 N–H and O–H groups in total. The Bertz CT molecular complexity index is 802. The van der Waals surface area contributed by atoms with Crippen LogP contribution in [0, 0.1) is 11.8 Å². The Balaban J connectivity index is 1.65. The second-order valence-electron chi connectivity index (χ2n) is 10.8. The van der Waals surface area contributed by atoms with Crippen LogP contribution in [0.25, 0.3) is 0 Å². The van der Waals surface area contributed by atoms with E-state index in [0.29, 0.717) is 17.6 Å². The number of aromatic hydroxyl groups is 1. The quantitative estimate of drug-likeness (QED) is 0.555. The van der Waals surface area contributed by atoms with Gasteiger partial charge in [0.15, 0.2) is 0 Å². The predicted octanol–water partition coefficient (Wildman–Crippen LogP) is 7.16. The van der Waals surface area contributed by atoms with Crippen molar-refractivity contribution >= 4 is 0 Å². The molecule has 0 aliphatic heterocycles. The standard InChI is InChI=1S/C28H40O2/c1-27(2,22-14-15-26(29)24(18-22)20-10-6-4-7-11-20)23-16-17-28(3,30)25(19-23)21-12-8-5-9-13-21/h14-21,25,29-30H,4-13H2,1-3H3. The van der Waals surface area contributed by atoms with Crippen LogP contribution in [0.1, 0.15) is 102 Å². The molecule has 3 aliphatic rings. The minimum atomic E-state index is -0.760. The monoisotopic (exact) mass is 408 g/mol. The average Bonchev–Trinajstić information content (AvgIpc) is 2.75. The van der Waals surface area contributed by atoms with Crippen LogP contribution in [0.2, 0.25) is 0 Å². The second kappa shape index (κ2) is 8.54. The maximum atomic E-state index is 11.1. The van der Waals surface area contributed by atoms with Crippen molar-refractivity contribution in [1.82, 2.24) is 0 Å². The third-order valence-corrected chi connectivity index (χ3v) is 8.31. The SMILES string of the molecule is CC(C)(C1=CC(C2CCCCC2)C(C)(O)C=C1)c1ccc(O)c(C2CCCCC2)c1. The summed E-state index contributed by atoms with van der Waals surface area (Å²) < 4.78 is 0. The van der Waals surface area contributed by atoms with Crippen LogP contribution in [-0.2, 0) is 5.41 Å². The zero-order valence-electron chi connectivity index (χ0n) is 19.2. The molecule has 2 saturated carbocycles. The third-order valence-electron chi connectivity index (χ3n) is 8.31. The van der Waals surface area contributed by atoms with E-state index in [1.165, 1.54) is 75.3 Å². The summed E-state index contributed by atoms with van der Waals surface area (Å²) in [5, 5.41) is 21.7. The summed E-state index contributed by atoms with van der Waals surface area (Å²) >= 11 is 0. The van der Waals surface area contributed by atoms with Gasteiger partial charge in [0, 0.05) is 11.3 Å². The molecule has 0 radical (unpaired) electrons. The number of phenolic OH excluding ortho intramolecular Hbond substituents is 1. The maximum Gasteiger partial charge on any atom is 0.119 e. The van der Waals surface area contributed by atoms with Crippen LogP contribution < -0.4 is 0 Å². The molecule has 2 heteroatoms. The Morgan fingerprint density at radius 1 is 0.933 bits per heavy atom. The van der Waals surface area contributed by atoms with Gasteiger partial charge in [0.05, 0.1) is 5.60 Å². The van der Waals surface area contributed by atoms with Crippen LogP contribution in [0.5, 0.6) is 5.75 Å². The molecule has 0 spiro atoms. The Hall–Kier alpha value is -1.54. The van der Waals surface area contributed by atoms with Gasteiger partial charge in [-0.25, -0.2) is 0 Å². The lowest BCUT2D eigenvalue weighted by Gasteiger charge is -2.41. The maximum absolute atomic E-state index is 11.1. The van der Waals surface area contributed by atoms with Gasteiger partial charge in [0.2, 0.25) is 0 Å². The highest BCUT2D eigenvalue weighted by Crippen LogP contribution is 2.45. The third kappa shape index (κ3) is 4.26. The van der Waals surface area contributed by atoms with Gasteiger partial charge in [0.1, 0.15) is 5.75 Å². The largest absolute Gasteiger partial charge is 0.508 e. The highest BCUT2D eigenvalue weighted by Gasteiger charge is 2.39. The summed E-state index contributed by atoms with van der Waals surface area (Å²) in [6.07, 6.45) is 19.2. The van der Waals surface area contributed by atoms with E-state index in [9.17, 15) is 10.2 Å². The highest BCUT2D eigenvalue weighted by molar-refractivity contribution is 5.48. The fourth-order valence-corrected chi connectivity index (χ4v) is 6.16. The van der Waals surface area contributed by atoms with E-state index in [2.05, 4.69) is 38.1 Å². The van der Waals surface area contributed by atoms with E-state index in [4.69, 9.17) is 0 Å². The van der Waals surface area contributed by atoms with Crippen molar-refractivity contribution in [3.63, 3.8) is 0 Å². The van der Waals surface area contributed by atoms with Gasteiger partial charge in [0.25, 0.3) is 0 Å². The van der Waals surface area contributed by atoms with E-state index in [1.54, 1.807) is 0 Å². The lowest BCUT2D eigenvalue weighted by atomic mass is 9.66. The second-order valence-corrected chi connectivity index (χ2v) is 10.8. The van der Waals surface area contributed by atoms with Gasteiger partial charge in [-0.2, -0.15) is 0 Å². The summed E-state index contributed by atoms with van der Waals surface area (Å²) in [6, 6.07) is 6.27. The average molecular weight is 409 g/mol. The van der Waals surface area contributed by atoms with Crippen LogP contribution in [0.4, 0.5) is 0 Å². The number of aliphatic hydroxyl groups is 1. The van der Waals surface area contributed by atoms with Crippen molar-refractivity contribution < 1.29 is 10.2 Å². The van der Waals surface area contributed by atoms with Crippen molar-refractivity contribution in [1.29, 1.82) is 0 Å². The van der Waals surface area contributed by atoms with Gasteiger partial charge in [-0.15, -0.1) is 0 Å². The molecule has 0 bridgehead atoms. The van der Waals surface area contributed by atoms with Gasteiger partial charge in [-0.3, -0.25) is 0 Å². The van der Waals surface area contributed by atoms with Crippen molar-refractivity contribution in [2.45, 2.75) is 102 Å². The summed E-state index contributed by atoms with van der Waals surface area (Å²) in [5.74, 6) is 1.70. The van der Waals surface area contributed by atoms with Crippen molar-refractivity contribution in [3.8, 4) is 5.75 Å². The van der Waals surface area contributed by atoms with Crippen molar-refractivity contribution in [2.24, 2.45) is 11.8 Å². The first-order chi connectivity index (χ1) is 14.3. The molecule has 1 aromatic rings. The van der Waals surface area contributed by atoms with Crippen molar-refractivity contribution in [2.75, 3.05) is 0 Å². The van der Waals surface area contributed by atoms with E-state index in [0.717, 1.165) is 5.56 Å². The number of benzene rings is 1. The number of hydrogen-bond donors (Lipinski definition) is 2. The fourth-order valence-electron chi connectivity index (χ4n) is 6.16. The molecular formula is C28H40O2. The molecule has 2 nitrogen and oxygen atoms in total. The lowest BCUT2D eigenvalue weighted by molar-refractivity contribution is 0.0280. The Morgan fingerprint density at radius 2 is 1.57 bits per heavy atom. The molecule has 2 unspecified atom stereocenters. The van der Waals surface area contributed by atoms with Gasteiger partial charge < -0.3 is 10.2 Å². The van der Waals surface area contributed by atoms with Crippen LogP contribution in [-0.4, -0.2) is 15.8 Å². The summed E-state index contributed by atoms with van der Waals surface area (Å²) in [6.45, 7) is 6.56. The van der Waals surface area contributed by atoms with Gasteiger partial charge in [-0.1, -0.05) is 82.7 Å². The number of phenols is 1. The zero-order chi connectivity index (χ0) is 21.4. The molecule has 30 heavy (non-hydrogen) atoms. The zero-order valence-corrected chi connectivity index (χ0v) is 19.2. The Labute approximate surface area is 183 Å². The molecule has 0 saturated heterocycles. The highest BCUT2D eigenvalue weighted by atomic mass is 16.3. The topological polar surface area (TPSA) is 40.5 Å². The van der Waals surface area contributed by atoms with Crippen LogP contribution in [0.15, 0.2) is 42.0 Å². The van der Waals surface area contributed by atoms with E-state index >= 15 is 0 Å². The molecular weight excluding hydrogens is 368 g/mol. The lowest BCUT2D eigenvalue weighted by Crippen LogP contribution is -2.40. The summed E-state index contributed by atoms with van der Waals surface area (Å²) in [7, 11) is 0. The molecule has 164 valence electrons. The molecule has 3 aliphatic carbocycles. The van der Waals surface area contributed by atoms with E-state index in [-0.39, 0.29) is 11.3 Å². The minimum absolute atomic E-state index is 0.156. The van der Waals surface area contributed by atoms with E-state index < -0.39 is 5.60 Å². The summed E-state index contributed by atoms with van der Waals surface area (Å²) in [4.78, 5) is 0. The fraction of sp³-hybridized carbons (Fsp3) is 0.643.